The van der Waals surface area contributed by atoms with E-state index in [4.69, 9.17) is 11.6 Å². The van der Waals surface area contributed by atoms with Crippen LogP contribution >= 0.6 is 0 Å². The lowest BCUT2D eigenvalue weighted by atomic mass is 10.1. The first-order valence-electron chi connectivity index (χ1n) is 3.23. The predicted octanol–water partition coefficient (Wildman–Crippen LogP) is 1.93. The van der Waals surface area contributed by atoms with Crippen LogP contribution in [0.4, 0.5) is 0 Å². The van der Waals surface area contributed by atoms with Gasteiger partial charge in [0, 0.05) is 0 Å². The topological polar surface area (TPSA) is 21.6 Å². The fourth-order valence-electron chi connectivity index (χ4n) is 0.811. The molecular weight excluding hydrogens is 114 g/mol. The highest BCUT2D eigenvalue weighted by Crippen LogP contribution is 2.06. The summed E-state index contributed by atoms with van der Waals surface area (Å²) in [5, 5.41) is 3.09. The summed E-state index contributed by atoms with van der Waals surface area (Å²) >= 11 is 0. The quantitative estimate of drug-likeness (QED) is 0.418. The van der Waals surface area contributed by atoms with Crippen LogP contribution in [0.5, 0.6) is 0 Å². The van der Waals surface area contributed by atoms with Gasteiger partial charge in [0.15, 0.2) is 0 Å². The molecule has 1 unspecified atom stereocenters. The standard InChI is InChI=1S/C7H14NO/c1-6(2)5-7(3)9-8-4/h4,6-7H,5H2,1-3H3. The van der Waals surface area contributed by atoms with Crippen LogP contribution in [0.15, 0.2) is 5.16 Å². The van der Waals surface area contributed by atoms with Crippen molar-refractivity contribution in [3.63, 3.8) is 0 Å². The average molecular weight is 128 g/mol. The van der Waals surface area contributed by atoms with Crippen LogP contribution in [-0.4, -0.2) is 12.8 Å². The maximum Gasteiger partial charge on any atom is 0.125 e. The Hall–Kier alpha value is -0.530. The van der Waals surface area contributed by atoms with E-state index in [9.17, 15) is 0 Å². The Labute approximate surface area is 56.9 Å². The van der Waals surface area contributed by atoms with Gasteiger partial charge in [-0.2, -0.15) is 0 Å². The Morgan fingerprint density at radius 3 is 2.33 bits per heavy atom. The third-order valence-electron chi connectivity index (χ3n) is 1.04. The van der Waals surface area contributed by atoms with Gasteiger partial charge in [-0.3, -0.25) is 0 Å². The third-order valence-corrected chi connectivity index (χ3v) is 1.04. The molecule has 2 heteroatoms. The van der Waals surface area contributed by atoms with Crippen LogP contribution in [0.3, 0.4) is 0 Å². The molecule has 0 heterocycles. The molecule has 0 amide bonds. The van der Waals surface area contributed by atoms with Crippen LogP contribution in [0.2, 0.25) is 0 Å². The summed E-state index contributed by atoms with van der Waals surface area (Å²) in [4.78, 5) is 4.76. The van der Waals surface area contributed by atoms with E-state index < -0.39 is 0 Å². The second kappa shape index (κ2) is 4.36. The van der Waals surface area contributed by atoms with Gasteiger partial charge in [-0.25, -0.2) is 0 Å². The fraction of sp³-hybridized carbons (Fsp3) is 0.857. The van der Waals surface area contributed by atoms with Crippen LogP contribution in [0, 0.1) is 5.92 Å². The minimum atomic E-state index is 0.148. The molecule has 0 saturated heterocycles. The SMILES string of the molecule is [CH]=NOC(C)CC(C)C. The molecule has 9 heavy (non-hydrogen) atoms. The molecule has 0 fully saturated rings. The summed E-state index contributed by atoms with van der Waals surface area (Å²) < 4.78 is 0. The zero-order valence-electron chi connectivity index (χ0n) is 6.29. The lowest BCUT2D eigenvalue weighted by Gasteiger charge is -2.10. The van der Waals surface area contributed by atoms with Crippen LogP contribution in [0.25, 0.3) is 0 Å². The van der Waals surface area contributed by atoms with Crippen molar-refractivity contribution in [2.75, 3.05) is 0 Å². The van der Waals surface area contributed by atoms with Gasteiger partial charge in [-0.15, -0.1) is 0 Å². The van der Waals surface area contributed by atoms with Crippen LogP contribution in [0.1, 0.15) is 27.2 Å². The maximum atomic E-state index is 4.81. The molecule has 0 rings (SSSR count). The highest BCUT2D eigenvalue weighted by molar-refractivity contribution is 5.21. The zero-order chi connectivity index (χ0) is 7.28. The molecule has 0 aliphatic heterocycles. The predicted molar refractivity (Wildman–Crippen MR) is 38.5 cm³/mol. The molecule has 0 spiro atoms. The van der Waals surface area contributed by atoms with Crippen molar-refractivity contribution in [2.45, 2.75) is 33.3 Å². The minimum Gasteiger partial charge on any atom is -0.393 e. The fourth-order valence-corrected chi connectivity index (χ4v) is 0.811. The van der Waals surface area contributed by atoms with E-state index in [1.54, 1.807) is 0 Å². The largest absolute Gasteiger partial charge is 0.393 e. The molecule has 0 aromatic heterocycles. The van der Waals surface area contributed by atoms with E-state index in [1.807, 2.05) is 6.92 Å². The highest BCUT2D eigenvalue weighted by Gasteiger charge is 2.03. The van der Waals surface area contributed by atoms with E-state index in [0.29, 0.717) is 5.92 Å². The summed E-state index contributed by atoms with van der Waals surface area (Å²) in [5.41, 5.74) is 0. The highest BCUT2D eigenvalue weighted by atomic mass is 16.6. The van der Waals surface area contributed by atoms with Crippen molar-refractivity contribution in [2.24, 2.45) is 11.1 Å². The van der Waals surface area contributed by atoms with Crippen molar-refractivity contribution in [3.05, 3.63) is 0 Å². The molecule has 0 aromatic carbocycles. The van der Waals surface area contributed by atoms with E-state index >= 15 is 0 Å². The third kappa shape index (κ3) is 5.34. The van der Waals surface area contributed by atoms with Gasteiger partial charge >= 0.3 is 0 Å². The molecule has 0 bridgehead atoms. The molecule has 2 nitrogen and oxygen atoms in total. The van der Waals surface area contributed by atoms with Crippen molar-refractivity contribution in [1.29, 1.82) is 0 Å². The Balaban J connectivity index is 3.25. The minimum absolute atomic E-state index is 0.148. The molecule has 0 aromatic rings. The summed E-state index contributed by atoms with van der Waals surface area (Å²) in [6, 6.07) is 0. The van der Waals surface area contributed by atoms with Crippen LogP contribution < -0.4 is 0 Å². The van der Waals surface area contributed by atoms with Crippen LogP contribution in [-0.2, 0) is 4.84 Å². The lowest BCUT2D eigenvalue weighted by Crippen LogP contribution is -2.07. The van der Waals surface area contributed by atoms with Gasteiger partial charge in [0.25, 0.3) is 0 Å². The normalized spacial score (nSPS) is 13.3. The molecule has 0 N–H and O–H groups in total. The van der Waals surface area contributed by atoms with Gasteiger partial charge in [0.1, 0.15) is 6.10 Å². The van der Waals surface area contributed by atoms with Crippen molar-refractivity contribution < 1.29 is 4.84 Å². The molecule has 1 radical (unpaired) electrons. The first kappa shape index (κ1) is 8.47. The monoisotopic (exact) mass is 128 g/mol. The Morgan fingerprint density at radius 2 is 2.00 bits per heavy atom. The Bertz CT molecular complexity index is 81.0. The first-order valence-corrected chi connectivity index (χ1v) is 3.23. The first-order chi connectivity index (χ1) is 4.16. The Morgan fingerprint density at radius 1 is 1.44 bits per heavy atom. The number of hydrogen-bond donors (Lipinski definition) is 0. The number of rotatable bonds is 4. The van der Waals surface area contributed by atoms with E-state index in [0.717, 1.165) is 6.42 Å². The van der Waals surface area contributed by atoms with Gasteiger partial charge in [-0.1, -0.05) is 19.0 Å². The van der Waals surface area contributed by atoms with Crippen molar-refractivity contribution in [1.82, 2.24) is 0 Å². The van der Waals surface area contributed by atoms with E-state index in [-0.39, 0.29) is 6.10 Å². The van der Waals surface area contributed by atoms with E-state index in [1.165, 1.54) is 0 Å². The van der Waals surface area contributed by atoms with Gasteiger partial charge in [0.2, 0.25) is 0 Å². The summed E-state index contributed by atoms with van der Waals surface area (Å²) in [7, 11) is 0. The van der Waals surface area contributed by atoms with Gasteiger partial charge in [0.05, 0.1) is 6.72 Å². The van der Waals surface area contributed by atoms with E-state index in [2.05, 4.69) is 19.0 Å². The second-order valence-electron chi connectivity index (χ2n) is 2.65. The van der Waals surface area contributed by atoms with Crippen molar-refractivity contribution in [3.8, 4) is 0 Å². The zero-order valence-corrected chi connectivity index (χ0v) is 6.29. The average Bonchev–Trinajstić information content (AvgIpc) is 1.63. The lowest BCUT2D eigenvalue weighted by molar-refractivity contribution is 0.0596. The molecule has 0 saturated carbocycles. The molecule has 1 atom stereocenters. The number of hydrogen-bond acceptors (Lipinski definition) is 2. The van der Waals surface area contributed by atoms with Gasteiger partial charge in [-0.05, 0) is 19.3 Å². The molecule has 0 aliphatic rings. The molecule has 53 valence electrons. The maximum absolute atomic E-state index is 4.81. The molecular formula is C7H14NO. The summed E-state index contributed by atoms with van der Waals surface area (Å²) in [5.74, 6) is 0.641. The Kier molecular flexibility index (Phi) is 4.10. The molecule has 0 aliphatic carbocycles. The van der Waals surface area contributed by atoms with Gasteiger partial charge < -0.3 is 4.84 Å². The summed E-state index contributed by atoms with van der Waals surface area (Å²) in [6.45, 7) is 11.0. The summed E-state index contributed by atoms with van der Waals surface area (Å²) in [6.07, 6.45) is 1.15. The van der Waals surface area contributed by atoms with Crippen molar-refractivity contribution >= 4 is 6.72 Å². The second-order valence-corrected chi connectivity index (χ2v) is 2.65. The smallest absolute Gasteiger partial charge is 0.125 e. The number of nitrogens with zero attached hydrogens (tertiary/aromatic N) is 1.